The summed E-state index contributed by atoms with van der Waals surface area (Å²) >= 11 is 0. The zero-order valence-electron chi connectivity index (χ0n) is 7.71. The van der Waals surface area contributed by atoms with Gasteiger partial charge in [0.15, 0.2) is 0 Å². The summed E-state index contributed by atoms with van der Waals surface area (Å²) in [6, 6.07) is 0. The first kappa shape index (κ1) is 9.52. The first-order valence-corrected chi connectivity index (χ1v) is 4.49. The molecule has 0 radical (unpaired) electrons. The van der Waals surface area contributed by atoms with E-state index >= 15 is 0 Å². The van der Waals surface area contributed by atoms with E-state index in [2.05, 4.69) is 0 Å². The number of hydrogen-bond donors (Lipinski definition) is 0. The molecule has 0 aromatic heterocycles. The SMILES string of the molecule is CC(C)OC(=O)COC1CCC1. The summed E-state index contributed by atoms with van der Waals surface area (Å²) in [4.78, 5) is 11.0. The van der Waals surface area contributed by atoms with Gasteiger partial charge in [0.25, 0.3) is 0 Å². The lowest BCUT2D eigenvalue weighted by molar-refractivity contribution is -0.156. The molecule has 0 N–H and O–H groups in total. The quantitative estimate of drug-likeness (QED) is 0.603. The maximum Gasteiger partial charge on any atom is 0.332 e. The smallest absolute Gasteiger partial charge is 0.332 e. The average molecular weight is 172 g/mol. The fourth-order valence-electron chi connectivity index (χ4n) is 1.02. The molecule has 0 atom stereocenters. The summed E-state index contributed by atoms with van der Waals surface area (Å²) in [5.41, 5.74) is 0. The molecule has 0 aromatic carbocycles. The van der Waals surface area contributed by atoms with E-state index in [9.17, 15) is 4.79 Å². The third-order valence-electron chi connectivity index (χ3n) is 1.86. The molecule has 12 heavy (non-hydrogen) atoms. The van der Waals surface area contributed by atoms with Crippen LogP contribution in [0, 0.1) is 0 Å². The largest absolute Gasteiger partial charge is 0.461 e. The van der Waals surface area contributed by atoms with E-state index in [1.165, 1.54) is 6.42 Å². The third-order valence-corrected chi connectivity index (χ3v) is 1.86. The van der Waals surface area contributed by atoms with Crippen molar-refractivity contribution in [3.63, 3.8) is 0 Å². The van der Waals surface area contributed by atoms with Crippen molar-refractivity contribution in [3.05, 3.63) is 0 Å². The van der Waals surface area contributed by atoms with E-state index in [0.29, 0.717) is 6.10 Å². The number of carbonyl (C=O) groups is 1. The Kier molecular flexibility index (Phi) is 3.53. The lowest BCUT2D eigenvalue weighted by atomic mass is 9.96. The third kappa shape index (κ3) is 3.22. The molecule has 1 fully saturated rings. The van der Waals surface area contributed by atoms with Gasteiger partial charge in [-0.25, -0.2) is 4.79 Å². The molecule has 0 heterocycles. The van der Waals surface area contributed by atoms with Crippen molar-refractivity contribution in [3.8, 4) is 0 Å². The van der Waals surface area contributed by atoms with Crippen molar-refractivity contribution in [2.24, 2.45) is 0 Å². The van der Waals surface area contributed by atoms with Crippen LogP contribution in [-0.2, 0) is 14.3 Å². The summed E-state index contributed by atoms with van der Waals surface area (Å²) in [5.74, 6) is -0.253. The van der Waals surface area contributed by atoms with Gasteiger partial charge in [0, 0.05) is 0 Å². The monoisotopic (exact) mass is 172 g/mol. The second kappa shape index (κ2) is 4.45. The highest BCUT2D eigenvalue weighted by atomic mass is 16.6. The van der Waals surface area contributed by atoms with E-state index in [-0.39, 0.29) is 18.7 Å². The highest BCUT2D eigenvalue weighted by Crippen LogP contribution is 2.21. The van der Waals surface area contributed by atoms with Crippen molar-refractivity contribution in [2.75, 3.05) is 6.61 Å². The molecule has 3 nitrogen and oxygen atoms in total. The Balaban J connectivity index is 2.01. The van der Waals surface area contributed by atoms with Crippen LogP contribution < -0.4 is 0 Å². The molecule has 0 unspecified atom stereocenters. The maximum absolute atomic E-state index is 11.0. The average Bonchev–Trinajstić information content (AvgIpc) is 1.81. The van der Waals surface area contributed by atoms with E-state index < -0.39 is 0 Å². The first-order valence-electron chi connectivity index (χ1n) is 4.49. The normalized spacial score (nSPS) is 17.6. The molecular formula is C9H16O3. The molecule has 0 spiro atoms. The van der Waals surface area contributed by atoms with Crippen molar-refractivity contribution >= 4 is 5.97 Å². The first-order chi connectivity index (χ1) is 5.68. The minimum atomic E-state index is -0.253. The van der Waals surface area contributed by atoms with Crippen molar-refractivity contribution in [2.45, 2.75) is 45.3 Å². The second-order valence-corrected chi connectivity index (χ2v) is 3.40. The molecule has 70 valence electrons. The summed E-state index contributed by atoms with van der Waals surface area (Å²) in [6.45, 7) is 3.78. The standard InChI is InChI=1S/C9H16O3/c1-7(2)12-9(10)6-11-8-4-3-5-8/h7-8H,3-6H2,1-2H3. The Morgan fingerprint density at radius 1 is 1.50 bits per heavy atom. The van der Waals surface area contributed by atoms with Gasteiger partial charge < -0.3 is 9.47 Å². The van der Waals surface area contributed by atoms with Crippen molar-refractivity contribution < 1.29 is 14.3 Å². The zero-order chi connectivity index (χ0) is 8.97. The molecule has 0 amide bonds. The molecule has 1 aliphatic carbocycles. The van der Waals surface area contributed by atoms with E-state index in [1.54, 1.807) is 0 Å². The van der Waals surface area contributed by atoms with Crippen LogP contribution in [0.1, 0.15) is 33.1 Å². The van der Waals surface area contributed by atoms with Crippen LogP contribution >= 0.6 is 0 Å². The highest BCUT2D eigenvalue weighted by Gasteiger charge is 2.19. The molecule has 1 aliphatic rings. The van der Waals surface area contributed by atoms with Crippen LogP contribution in [0.15, 0.2) is 0 Å². The number of hydrogen-bond acceptors (Lipinski definition) is 3. The van der Waals surface area contributed by atoms with Gasteiger partial charge in [0.05, 0.1) is 12.2 Å². The predicted molar refractivity (Wildman–Crippen MR) is 44.8 cm³/mol. The molecule has 1 rings (SSSR count). The Labute approximate surface area is 73.0 Å². The molecule has 0 aliphatic heterocycles. The van der Waals surface area contributed by atoms with E-state index in [4.69, 9.17) is 9.47 Å². The van der Waals surface area contributed by atoms with Crippen LogP contribution in [0.3, 0.4) is 0 Å². The molecule has 1 saturated carbocycles. The topological polar surface area (TPSA) is 35.5 Å². The summed E-state index contributed by atoms with van der Waals surface area (Å²) in [5, 5.41) is 0. The molecule has 0 saturated heterocycles. The zero-order valence-corrected chi connectivity index (χ0v) is 7.71. The van der Waals surface area contributed by atoms with Crippen LogP contribution in [0.2, 0.25) is 0 Å². The lowest BCUT2D eigenvalue weighted by Gasteiger charge is -2.25. The van der Waals surface area contributed by atoms with Crippen molar-refractivity contribution in [1.29, 1.82) is 0 Å². The van der Waals surface area contributed by atoms with Gasteiger partial charge in [-0.15, -0.1) is 0 Å². The summed E-state index contributed by atoms with van der Waals surface area (Å²) in [6.07, 6.45) is 3.68. The Morgan fingerprint density at radius 3 is 2.58 bits per heavy atom. The van der Waals surface area contributed by atoms with Gasteiger partial charge in [-0.2, -0.15) is 0 Å². The van der Waals surface area contributed by atoms with Crippen LogP contribution in [-0.4, -0.2) is 24.8 Å². The lowest BCUT2D eigenvalue weighted by Crippen LogP contribution is -2.26. The van der Waals surface area contributed by atoms with Crippen LogP contribution in [0.25, 0.3) is 0 Å². The van der Waals surface area contributed by atoms with Gasteiger partial charge in [-0.1, -0.05) is 0 Å². The Morgan fingerprint density at radius 2 is 2.17 bits per heavy atom. The molecule has 0 bridgehead atoms. The molecular weight excluding hydrogens is 156 g/mol. The number of esters is 1. The second-order valence-electron chi connectivity index (χ2n) is 3.40. The van der Waals surface area contributed by atoms with Crippen LogP contribution in [0.5, 0.6) is 0 Å². The summed E-state index contributed by atoms with van der Waals surface area (Å²) < 4.78 is 10.2. The van der Waals surface area contributed by atoms with Gasteiger partial charge >= 0.3 is 5.97 Å². The molecule has 0 aromatic rings. The Hall–Kier alpha value is -0.570. The van der Waals surface area contributed by atoms with Gasteiger partial charge in [-0.3, -0.25) is 0 Å². The molecule has 3 heteroatoms. The summed E-state index contributed by atoms with van der Waals surface area (Å²) in [7, 11) is 0. The maximum atomic E-state index is 11.0. The van der Waals surface area contributed by atoms with Gasteiger partial charge in [0.1, 0.15) is 6.61 Å². The number of carbonyl (C=O) groups excluding carboxylic acids is 1. The van der Waals surface area contributed by atoms with E-state index in [0.717, 1.165) is 12.8 Å². The number of rotatable bonds is 4. The predicted octanol–water partition coefficient (Wildman–Crippen LogP) is 1.51. The highest BCUT2D eigenvalue weighted by molar-refractivity contribution is 5.70. The van der Waals surface area contributed by atoms with Gasteiger partial charge in [0.2, 0.25) is 0 Å². The number of ether oxygens (including phenoxy) is 2. The van der Waals surface area contributed by atoms with Crippen molar-refractivity contribution in [1.82, 2.24) is 0 Å². The Bertz CT molecular complexity index is 150. The fraction of sp³-hybridized carbons (Fsp3) is 0.889. The fourth-order valence-corrected chi connectivity index (χ4v) is 1.02. The minimum absolute atomic E-state index is 0.0394. The van der Waals surface area contributed by atoms with Gasteiger partial charge in [-0.05, 0) is 33.1 Å². The minimum Gasteiger partial charge on any atom is -0.461 e. The van der Waals surface area contributed by atoms with E-state index in [1.807, 2.05) is 13.8 Å². The van der Waals surface area contributed by atoms with Crippen LogP contribution in [0.4, 0.5) is 0 Å².